The summed E-state index contributed by atoms with van der Waals surface area (Å²) in [6.45, 7) is 5.23. The molecule has 1 aromatic carbocycles. The lowest BCUT2D eigenvalue weighted by atomic mass is 9.93. The minimum Gasteiger partial charge on any atom is -0.497 e. The lowest BCUT2D eigenvalue weighted by Gasteiger charge is -2.34. The van der Waals surface area contributed by atoms with E-state index in [1.165, 1.54) is 0 Å². The smallest absolute Gasteiger partial charge is 0.220 e. The van der Waals surface area contributed by atoms with E-state index < -0.39 is 0 Å². The van der Waals surface area contributed by atoms with Crippen LogP contribution in [0.15, 0.2) is 41.5 Å². The van der Waals surface area contributed by atoms with Crippen LogP contribution in [-0.2, 0) is 11.3 Å². The van der Waals surface area contributed by atoms with Gasteiger partial charge in [-0.05, 0) is 56.0 Å². The number of carbonyl (C=O) groups excluding carboxylic acids is 1. The molecule has 2 heterocycles. The van der Waals surface area contributed by atoms with Crippen molar-refractivity contribution in [2.75, 3.05) is 33.8 Å². The maximum absolute atomic E-state index is 11.6. The molecule has 0 unspecified atom stereocenters. The van der Waals surface area contributed by atoms with E-state index in [-0.39, 0.29) is 5.91 Å². The van der Waals surface area contributed by atoms with Crippen LogP contribution in [0.5, 0.6) is 5.75 Å². The molecule has 3 rings (SSSR count). The first-order valence-electron chi connectivity index (χ1n) is 10.6. The Balaban J connectivity index is 1.60. The molecule has 162 valence electrons. The summed E-state index contributed by atoms with van der Waals surface area (Å²) in [6.07, 6.45) is 4.57. The molecule has 0 bridgehead atoms. The minimum atomic E-state index is 0.126. The molecule has 1 fully saturated rings. The maximum Gasteiger partial charge on any atom is 0.220 e. The monoisotopic (exact) mass is 412 g/mol. The third-order valence-electron chi connectivity index (χ3n) is 5.37. The van der Waals surface area contributed by atoms with Gasteiger partial charge in [-0.2, -0.15) is 5.10 Å². The van der Waals surface area contributed by atoms with Crippen molar-refractivity contribution in [2.45, 2.75) is 32.7 Å². The van der Waals surface area contributed by atoms with Gasteiger partial charge in [-0.3, -0.25) is 4.79 Å². The number of likely N-dealkylation sites (tertiary alicyclic amines) is 1. The molecule has 2 N–H and O–H groups in total. The number of amides is 1. The van der Waals surface area contributed by atoms with E-state index in [1.807, 2.05) is 41.2 Å². The molecule has 1 aromatic heterocycles. The number of aromatic nitrogens is 2. The zero-order valence-corrected chi connectivity index (χ0v) is 18.1. The fourth-order valence-electron chi connectivity index (χ4n) is 3.62. The molecular weight excluding hydrogens is 380 g/mol. The highest BCUT2D eigenvalue weighted by molar-refractivity contribution is 5.80. The van der Waals surface area contributed by atoms with Crippen molar-refractivity contribution in [1.29, 1.82) is 0 Å². The molecule has 0 spiro atoms. The van der Waals surface area contributed by atoms with Crippen molar-refractivity contribution < 1.29 is 9.53 Å². The van der Waals surface area contributed by atoms with Crippen LogP contribution in [0.25, 0.3) is 5.69 Å². The Bertz CT molecular complexity index is 838. The lowest BCUT2D eigenvalue weighted by Crippen LogP contribution is -2.46. The van der Waals surface area contributed by atoms with Crippen molar-refractivity contribution >= 4 is 11.9 Å². The van der Waals surface area contributed by atoms with Gasteiger partial charge in [0.05, 0.1) is 25.0 Å². The van der Waals surface area contributed by atoms with Gasteiger partial charge < -0.3 is 20.3 Å². The molecule has 2 aromatic rings. The summed E-state index contributed by atoms with van der Waals surface area (Å²) in [4.78, 5) is 18.7. The Morgan fingerprint density at radius 2 is 1.97 bits per heavy atom. The molecule has 8 nitrogen and oxygen atoms in total. The molecule has 8 heteroatoms. The Morgan fingerprint density at radius 1 is 1.23 bits per heavy atom. The molecule has 1 amide bonds. The van der Waals surface area contributed by atoms with Gasteiger partial charge in [-0.15, -0.1) is 0 Å². The van der Waals surface area contributed by atoms with Crippen LogP contribution in [0.4, 0.5) is 0 Å². The van der Waals surface area contributed by atoms with E-state index in [1.54, 1.807) is 14.2 Å². The first-order valence-corrected chi connectivity index (χ1v) is 10.6. The quantitative estimate of drug-likeness (QED) is 0.538. The number of ether oxygens (including phenoxy) is 1. The Kier molecular flexibility index (Phi) is 7.70. The van der Waals surface area contributed by atoms with E-state index in [0.29, 0.717) is 18.9 Å². The van der Waals surface area contributed by atoms with Gasteiger partial charge in [-0.25, -0.2) is 9.67 Å². The van der Waals surface area contributed by atoms with Crippen LogP contribution >= 0.6 is 0 Å². The van der Waals surface area contributed by atoms with Crippen LogP contribution < -0.4 is 15.4 Å². The molecule has 0 radical (unpaired) electrons. The maximum atomic E-state index is 11.6. The molecule has 0 saturated carbocycles. The van der Waals surface area contributed by atoms with Crippen molar-refractivity contribution in [1.82, 2.24) is 25.3 Å². The second-order valence-corrected chi connectivity index (χ2v) is 7.43. The average Bonchev–Trinajstić information content (AvgIpc) is 3.26. The number of piperidine rings is 1. The molecule has 30 heavy (non-hydrogen) atoms. The Hall–Kier alpha value is -3.03. The van der Waals surface area contributed by atoms with Gasteiger partial charge in [0.15, 0.2) is 5.96 Å². The topological polar surface area (TPSA) is 83.8 Å². The van der Waals surface area contributed by atoms with Crippen molar-refractivity contribution in [3.63, 3.8) is 0 Å². The van der Waals surface area contributed by atoms with Crippen LogP contribution in [0.1, 0.15) is 31.9 Å². The van der Waals surface area contributed by atoms with E-state index >= 15 is 0 Å². The summed E-state index contributed by atoms with van der Waals surface area (Å²) in [5.41, 5.74) is 1.90. The van der Waals surface area contributed by atoms with Gasteiger partial charge in [0.2, 0.25) is 5.91 Å². The average molecular weight is 413 g/mol. The molecule has 1 aliphatic rings. The number of methoxy groups -OCH3 is 1. The zero-order valence-electron chi connectivity index (χ0n) is 18.1. The third-order valence-corrected chi connectivity index (χ3v) is 5.37. The summed E-state index contributed by atoms with van der Waals surface area (Å²) in [7, 11) is 3.36. The van der Waals surface area contributed by atoms with Crippen LogP contribution in [-0.4, -0.2) is 60.3 Å². The van der Waals surface area contributed by atoms with Gasteiger partial charge in [0.1, 0.15) is 5.75 Å². The molecule has 1 aliphatic heterocycles. The summed E-state index contributed by atoms with van der Waals surface area (Å²) in [6, 6.07) is 9.79. The number of hydrogen-bond acceptors (Lipinski definition) is 4. The zero-order chi connectivity index (χ0) is 21.3. The number of aliphatic imine (C=N–C) groups is 1. The Morgan fingerprint density at radius 3 is 2.60 bits per heavy atom. The number of nitrogens with zero attached hydrogens (tertiary/aromatic N) is 4. The van der Waals surface area contributed by atoms with Gasteiger partial charge >= 0.3 is 0 Å². The predicted molar refractivity (Wildman–Crippen MR) is 118 cm³/mol. The van der Waals surface area contributed by atoms with E-state index in [9.17, 15) is 4.79 Å². The number of benzene rings is 1. The SMILES string of the molecule is CCNC(=NCc1ccn(-c2ccc(OC)cc2)n1)N1CCC(CC(=O)NC)CC1. The standard InChI is InChI=1S/C22H32N6O2/c1-4-24-22(27-12-9-17(10-13-27)15-21(29)23-2)25-16-18-11-14-28(26-18)19-5-7-20(30-3)8-6-19/h5-8,11,14,17H,4,9-10,12-13,15-16H2,1-3H3,(H,23,29)(H,24,25). The van der Waals surface area contributed by atoms with Crippen molar-refractivity contribution in [3.05, 3.63) is 42.2 Å². The lowest BCUT2D eigenvalue weighted by molar-refractivity contribution is -0.121. The molecule has 1 saturated heterocycles. The fourth-order valence-corrected chi connectivity index (χ4v) is 3.62. The largest absolute Gasteiger partial charge is 0.497 e. The highest BCUT2D eigenvalue weighted by Gasteiger charge is 2.23. The second kappa shape index (κ2) is 10.7. The minimum absolute atomic E-state index is 0.126. The predicted octanol–water partition coefficient (Wildman–Crippen LogP) is 2.19. The van der Waals surface area contributed by atoms with Crippen molar-refractivity contribution in [2.24, 2.45) is 10.9 Å². The summed E-state index contributed by atoms with van der Waals surface area (Å²) < 4.78 is 7.06. The van der Waals surface area contributed by atoms with Gasteiger partial charge in [-0.1, -0.05) is 0 Å². The van der Waals surface area contributed by atoms with Gasteiger partial charge in [0, 0.05) is 39.3 Å². The van der Waals surface area contributed by atoms with Gasteiger partial charge in [0.25, 0.3) is 0 Å². The van der Waals surface area contributed by atoms with Crippen molar-refractivity contribution in [3.8, 4) is 11.4 Å². The fraction of sp³-hybridized carbons (Fsp3) is 0.500. The van der Waals surface area contributed by atoms with Crippen LogP contribution in [0, 0.1) is 5.92 Å². The highest BCUT2D eigenvalue weighted by Crippen LogP contribution is 2.20. The van der Waals surface area contributed by atoms with E-state index in [4.69, 9.17) is 9.73 Å². The Labute approximate surface area is 178 Å². The number of nitrogens with one attached hydrogen (secondary N) is 2. The third kappa shape index (κ3) is 5.75. The summed E-state index contributed by atoms with van der Waals surface area (Å²) in [5, 5.41) is 10.8. The molecular formula is C22H32N6O2. The number of hydrogen-bond donors (Lipinski definition) is 2. The first-order chi connectivity index (χ1) is 14.6. The van der Waals surface area contributed by atoms with E-state index in [0.717, 1.165) is 55.6 Å². The molecule has 0 aliphatic carbocycles. The van der Waals surface area contributed by atoms with Crippen LogP contribution in [0.3, 0.4) is 0 Å². The number of rotatable bonds is 7. The van der Waals surface area contributed by atoms with Crippen LogP contribution in [0.2, 0.25) is 0 Å². The summed E-state index contributed by atoms with van der Waals surface area (Å²) in [5.74, 6) is 2.31. The highest BCUT2D eigenvalue weighted by atomic mass is 16.5. The second-order valence-electron chi connectivity index (χ2n) is 7.43. The summed E-state index contributed by atoms with van der Waals surface area (Å²) >= 11 is 0. The van der Waals surface area contributed by atoms with E-state index in [2.05, 4.69) is 27.6 Å². The number of carbonyl (C=O) groups is 1. The molecule has 0 atom stereocenters. The normalized spacial score (nSPS) is 15.2. The first kappa shape index (κ1) is 21.7. The number of guanidine groups is 1.